The molecule has 0 unspecified atom stereocenters. The lowest BCUT2D eigenvalue weighted by Gasteiger charge is -2.29. The van der Waals surface area contributed by atoms with Crippen molar-refractivity contribution in [1.82, 2.24) is 19.7 Å². The van der Waals surface area contributed by atoms with Crippen molar-refractivity contribution < 1.29 is 13.7 Å². The van der Waals surface area contributed by atoms with Crippen molar-refractivity contribution in [3.63, 3.8) is 0 Å². The first-order valence-corrected chi connectivity index (χ1v) is 10.9. The smallest absolute Gasteiger partial charge is 0.228 e. The molecular weight excluding hydrogens is 418 g/mol. The van der Waals surface area contributed by atoms with Gasteiger partial charge in [0.15, 0.2) is 11.6 Å². The van der Waals surface area contributed by atoms with Gasteiger partial charge in [0.05, 0.1) is 22.6 Å². The number of aromatic nitrogens is 4. The molecule has 0 radical (unpaired) electrons. The fraction of sp³-hybridized carbons (Fsp3) is 0.375. The summed E-state index contributed by atoms with van der Waals surface area (Å²) in [5.41, 5.74) is 5.22. The van der Waals surface area contributed by atoms with Gasteiger partial charge in [0.2, 0.25) is 5.91 Å². The lowest BCUT2D eigenvalue weighted by atomic mass is 9.99. The van der Waals surface area contributed by atoms with E-state index >= 15 is 0 Å². The molecular formula is C24H27N7O2. The molecule has 1 aliphatic heterocycles. The molecule has 1 fully saturated rings. The van der Waals surface area contributed by atoms with Gasteiger partial charge in [0, 0.05) is 72.4 Å². The topological polar surface area (TPSA) is 105 Å². The highest BCUT2D eigenvalue weighted by molar-refractivity contribution is 6.03. The molecule has 33 heavy (non-hydrogen) atoms. The van der Waals surface area contributed by atoms with Gasteiger partial charge in [-0.3, -0.25) is 14.3 Å². The van der Waals surface area contributed by atoms with Crippen molar-refractivity contribution in [2.45, 2.75) is 39.6 Å². The van der Waals surface area contributed by atoms with Crippen LogP contribution in [0.15, 0.2) is 24.5 Å². The maximum Gasteiger partial charge on any atom is 0.228 e. The molecule has 9 heteroatoms. The zero-order chi connectivity index (χ0) is 25.8. The van der Waals surface area contributed by atoms with Crippen LogP contribution >= 0.6 is 0 Å². The van der Waals surface area contributed by atoms with Crippen LogP contribution in [0.5, 0.6) is 0 Å². The lowest BCUT2D eigenvalue weighted by molar-refractivity contribution is -0.117. The number of hydrogen-bond acceptors (Lipinski definition) is 7. The Balaban J connectivity index is 1.55. The Labute approximate surface area is 196 Å². The summed E-state index contributed by atoms with van der Waals surface area (Å²) in [4.78, 5) is 36.0. The molecule has 1 aliphatic carbocycles. The minimum atomic E-state index is -2.43. The third-order valence-corrected chi connectivity index (χ3v) is 6.23. The molecule has 4 heterocycles. The van der Waals surface area contributed by atoms with Crippen LogP contribution < -0.4 is 15.5 Å². The van der Waals surface area contributed by atoms with Gasteiger partial charge in [-0.1, -0.05) is 6.85 Å². The number of aryl methyl sites for hydroxylation is 1. The van der Waals surface area contributed by atoms with Crippen LogP contribution in [0.1, 0.15) is 51.8 Å². The molecule has 2 N–H and O–H groups in total. The Morgan fingerprint density at radius 2 is 2.09 bits per heavy atom. The molecule has 1 amide bonds. The van der Waals surface area contributed by atoms with Gasteiger partial charge < -0.3 is 15.5 Å². The summed E-state index contributed by atoms with van der Waals surface area (Å²) in [6.45, 7) is 0.235. The fourth-order valence-electron chi connectivity index (χ4n) is 4.14. The normalized spacial score (nSPS) is 16.2. The zero-order valence-electron chi connectivity index (χ0n) is 21.8. The first-order chi connectivity index (χ1) is 17.0. The second-order valence-corrected chi connectivity index (χ2v) is 8.55. The second-order valence-electron chi connectivity index (χ2n) is 8.55. The maximum atomic E-state index is 12.9. The van der Waals surface area contributed by atoms with E-state index in [1.807, 2.05) is 31.8 Å². The molecule has 0 aromatic carbocycles. The Morgan fingerprint density at radius 3 is 2.85 bits per heavy atom. The van der Waals surface area contributed by atoms with Crippen LogP contribution in [0.3, 0.4) is 0 Å². The minimum Gasteiger partial charge on any atom is -0.367 e. The second kappa shape index (κ2) is 7.99. The molecule has 3 aromatic rings. The number of ketones is 1. The van der Waals surface area contributed by atoms with Gasteiger partial charge in [-0.25, -0.2) is 9.97 Å². The Kier molecular flexibility index (Phi) is 4.30. The standard InChI is InChI=1S/C24H27N7O2/c1-5-19(32)16-11-26-20(28-24(33)14-6-7-14)10-18(16)27-23-22-15(8-9-25-23)21-17(12-30(22)3)13(2)31(4)29-21/h8-11,14H,5-7,12H2,1-4H3,(H2,25,26,27,28,33)/i1D3. The van der Waals surface area contributed by atoms with Gasteiger partial charge in [-0.15, -0.1) is 0 Å². The van der Waals surface area contributed by atoms with Gasteiger partial charge in [-0.05, 0) is 25.8 Å². The molecule has 9 nitrogen and oxygen atoms in total. The van der Waals surface area contributed by atoms with Crippen molar-refractivity contribution >= 4 is 34.7 Å². The van der Waals surface area contributed by atoms with Crippen LogP contribution in [-0.2, 0) is 18.4 Å². The molecule has 0 bridgehead atoms. The molecule has 0 atom stereocenters. The molecule has 2 aliphatic rings. The highest BCUT2D eigenvalue weighted by Gasteiger charge is 2.31. The Hall–Kier alpha value is -3.75. The van der Waals surface area contributed by atoms with Crippen LogP contribution in [-0.4, -0.2) is 38.5 Å². The zero-order valence-corrected chi connectivity index (χ0v) is 18.8. The summed E-state index contributed by atoms with van der Waals surface area (Å²) in [5.74, 6) is 0.0413. The van der Waals surface area contributed by atoms with E-state index in [2.05, 4.69) is 25.5 Å². The average molecular weight is 449 g/mol. The number of nitrogens with zero attached hydrogens (tertiary/aromatic N) is 5. The number of Topliss-reactive ketones (excluding diaryl/α,β-unsaturated/α-hetero) is 1. The summed E-state index contributed by atoms with van der Waals surface area (Å²) in [6.07, 6.45) is 4.02. The molecule has 170 valence electrons. The monoisotopic (exact) mass is 448 g/mol. The van der Waals surface area contributed by atoms with Crippen LogP contribution in [0.2, 0.25) is 0 Å². The third kappa shape index (κ3) is 3.73. The number of carbonyl (C=O) groups excluding carboxylic acids is 2. The number of pyridine rings is 2. The molecule has 0 spiro atoms. The van der Waals surface area contributed by atoms with E-state index in [9.17, 15) is 9.59 Å². The SMILES string of the molecule is [2H]C([2H])([2H])CC(=O)c1cnc(NC(=O)C2CC2)cc1Nc1nccc2c1N(C)Cc1c-2nn(C)c1C. The number of anilines is 4. The first kappa shape index (κ1) is 17.8. The number of hydrogen-bond donors (Lipinski definition) is 2. The van der Waals surface area contributed by atoms with E-state index in [0.29, 0.717) is 18.1 Å². The lowest BCUT2D eigenvalue weighted by Crippen LogP contribution is -2.23. The Bertz CT molecular complexity index is 1380. The van der Waals surface area contributed by atoms with E-state index in [0.717, 1.165) is 41.0 Å². The quantitative estimate of drug-likeness (QED) is 0.552. The largest absolute Gasteiger partial charge is 0.367 e. The molecule has 1 saturated carbocycles. The molecule has 0 saturated heterocycles. The molecule has 3 aromatic heterocycles. The van der Waals surface area contributed by atoms with Crippen LogP contribution in [0.25, 0.3) is 11.3 Å². The van der Waals surface area contributed by atoms with E-state index < -0.39 is 19.1 Å². The number of carbonyl (C=O) groups is 2. The van der Waals surface area contributed by atoms with E-state index in [-0.39, 0.29) is 23.2 Å². The third-order valence-electron chi connectivity index (χ3n) is 6.23. The van der Waals surface area contributed by atoms with E-state index in [1.54, 1.807) is 12.3 Å². The summed E-state index contributed by atoms with van der Waals surface area (Å²) in [5, 5.41) is 10.7. The maximum absolute atomic E-state index is 12.9. The number of fused-ring (bicyclic) bond motifs is 3. The highest BCUT2D eigenvalue weighted by Crippen LogP contribution is 2.43. The number of nitrogens with one attached hydrogen (secondary N) is 2. The predicted molar refractivity (Wildman–Crippen MR) is 127 cm³/mol. The van der Waals surface area contributed by atoms with Gasteiger partial charge in [0.25, 0.3) is 0 Å². The van der Waals surface area contributed by atoms with Crippen LogP contribution in [0.4, 0.5) is 23.0 Å². The van der Waals surface area contributed by atoms with E-state index in [4.69, 9.17) is 9.21 Å². The van der Waals surface area contributed by atoms with Gasteiger partial charge >= 0.3 is 0 Å². The summed E-state index contributed by atoms with van der Waals surface area (Å²) in [7, 11) is 3.86. The fourth-order valence-corrected chi connectivity index (χ4v) is 4.14. The van der Waals surface area contributed by atoms with Crippen molar-refractivity contribution in [3.8, 4) is 11.3 Å². The molecule has 5 rings (SSSR count). The summed E-state index contributed by atoms with van der Waals surface area (Å²) >= 11 is 0. The predicted octanol–water partition coefficient (Wildman–Crippen LogP) is 3.82. The minimum absolute atomic E-state index is 0.0208. The summed E-state index contributed by atoms with van der Waals surface area (Å²) in [6, 6.07) is 3.45. The van der Waals surface area contributed by atoms with Crippen molar-refractivity contribution in [2.24, 2.45) is 13.0 Å². The summed E-state index contributed by atoms with van der Waals surface area (Å²) < 4.78 is 24.4. The number of amides is 1. The van der Waals surface area contributed by atoms with Crippen LogP contribution in [0, 0.1) is 12.8 Å². The van der Waals surface area contributed by atoms with E-state index in [1.165, 1.54) is 6.20 Å². The van der Waals surface area contributed by atoms with Crippen molar-refractivity contribution in [1.29, 1.82) is 0 Å². The van der Waals surface area contributed by atoms with Gasteiger partial charge in [-0.2, -0.15) is 5.10 Å². The van der Waals surface area contributed by atoms with Crippen molar-refractivity contribution in [3.05, 3.63) is 41.3 Å². The first-order valence-electron chi connectivity index (χ1n) is 12.4. The average Bonchev–Trinajstić information content (AvgIpc) is 3.61. The Morgan fingerprint density at radius 1 is 1.27 bits per heavy atom. The van der Waals surface area contributed by atoms with Crippen molar-refractivity contribution in [2.75, 3.05) is 22.6 Å². The highest BCUT2D eigenvalue weighted by atomic mass is 16.2. The van der Waals surface area contributed by atoms with Gasteiger partial charge in [0.1, 0.15) is 5.82 Å². The number of rotatable bonds is 6.